The van der Waals surface area contributed by atoms with Gasteiger partial charge in [-0.15, -0.1) is 0 Å². The van der Waals surface area contributed by atoms with Gasteiger partial charge in [-0.2, -0.15) is 0 Å². The number of nitrogen functional groups attached to an aromatic ring is 1. The first kappa shape index (κ1) is 15.5. The summed E-state index contributed by atoms with van der Waals surface area (Å²) in [7, 11) is 0. The molecule has 1 aromatic carbocycles. The van der Waals surface area contributed by atoms with Crippen molar-refractivity contribution in [2.24, 2.45) is 0 Å². The van der Waals surface area contributed by atoms with E-state index in [1.54, 1.807) is 0 Å². The Bertz CT molecular complexity index is 691. The Morgan fingerprint density at radius 3 is 2.65 bits per heavy atom. The van der Waals surface area contributed by atoms with Crippen molar-refractivity contribution >= 4 is 11.7 Å². The van der Waals surface area contributed by atoms with E-state index in [1.165, 1.54) is 0 Å². The molecule has 5 nitrogen and oxygen atoms in total. The number of aryl methyl sites for hydroxylation is 2. The first-order valence-electron chi connectivity index (χ1n) is 8.00. The van der Waals surface area contributed by atoms with Gasteiger partial charge in [0.25, 0.3) is 5.91 Å². The molecule has 1 aromatic heterocycles. The molecule has 1 atom stereocenters. The topological polar surface area (TPSA) is 72.1 Å². The van der Waals surface area contributed by atoms with Crippen LogP contribution >= 0.6 is 0 Å². The van der Waals surface area contributed by atoms with Crippen molar-refractivity contribution < 1.29 is 4.79 Å². The molecule has 23 heavy (non-hydrogen) atoms. The minimum Gasteiger partial charge on any atom is -0.384 e. The van der Waals surface area contributed by atoms with Gasteiger partial charge in [-0.25, -0.2) is 9.97 Å². The Labute approximate surface area is 136 Å². The van der Waals surface area contributed by atoms with Crippen molar-refractivity contribution in [1.82, 2.24) is 14.9 Å². The number of nitrogens with zero attached hydrogens (tertiary/aromatic N) is 3. The molecule has 0 radical (unpaired) electrons. The van der Waals surface area contributed by atoms with Gasteiger partial charge >= 0.3 is 0 Å². The van der Waals surface area contributed by atoms with Gasteiger partial charge in [0.2, 0.25) is 0 Å². The number of anilines is 1. The number of carbonyl (C=O) groups is 1. The second-order valence-corrected chi connectivity index (χ2v) is 6.22. The lowest BCUT2D eigenvalue weighted by molar-refractivity contribution is 0.0706. The maximum absolute atomic E-state index is 12.7. The number of amides is 1. The Hall–Kier alpha value is -2.43. The highest BCUT2D eigenvalue weighted by atomic mass is 16.2. The van der Waals surface area contributed by atoms with E-state index in [0.29, 0.717) is 18.2 Å². The fourth-order valence-corrected chi connectivity index (χ4v) is 3.11. The third-order valence-electron chi connectivity index (χ3n) is 4.30. The van der Waals surface area contributed by atoms with Gasteiger partial charge in [0.05, 0.1) is 5.69 Å². The van der Waals surface area contributed by atoms with Gasteiger partial charge < -0.3 is 10.6 Å². The number of hydrogen-bond donors (Lipinski definition) is 1. The first-order valence-corrected chi connectivity index (χ1v) is 8.00. The van der Waals surface area contributed by atoms with Gasteiger partial charge in [-0.1, -0.05) is 17.7 Å². The molecular weight excluding hydrogens is 288 g/mol. The molecule has 2 N–H and O–H groups in total. The molecule has 0 aliphatic carbocycles. The van der Waals surface area contributed by atoms with E-state index in [4.69, 9.17) is 5.73 Å². The zero-order valence-electron chi connectivity index (χ0n) is 13.6. The molecule has 1 unspecified atom stereocenters. The average Bonchev–Trinajstić information content (AvgIpc) is 2.54. The van der Waals surface area contributed by atoms with Crippen LogP contribution < -0.4 is 5.73 Å². The van der Waals surface area contributed by atoms with Crippen molar-refractivity contribution in [3.63, 3.8) is 0 Å². The molecular formula is C18H22N4O. The van der Waals surface area contributed by atoms with Crippen LogP contribution in [0, 0.1) is 13.8 Å². The summed E-state index contributed by atoms with van der Waals surface area (Å²) in [5.41, 5.74) is 8.68. The summed E-state index contributed by atoms with van der Waals surface area (Å²) in [4.78, 5) is 23.2. The minimum atomic E-state index is 0.0912. The summed E-state index contributed by atoms with van der Waals surface area (Å²) >= 11 is 0. The molecule has 1 fully saturated rings. The van der Waals surface area contributed by atoms with Gasteiger partial charge in [0, 0.05) is 30.6 Å². The molecule has 0 bridgehead atoms. The third kappa shape index (κ3) is 3.50. The number of piperidine rings is 1. The summed E-state index contributed by atoms with van der Waals surface area (Å²) in [6, 6.07) is 9.58. The Balaban J connectivity index is 1.77. The van der Waals surface area contributed by atoms with Crippen LogP contribution in [0.3, 0.4) is 0 Å². The number of hydrogen-bond acceptors (Lipinski definition) is 4. The van der Waals surface area contributed by atoms with Gasteiger partial charge in [0.15, 0.2) is 0 Å². The Morgan fingerprint density at radius 1 is 1.22 bits per heavy atom. The Kier molecular flexibility index (Phi) is 4.28. The van der Waals surface area contributed by atoms with Crippen molar-refractivity contribution in [1.29, 1.82) is 0 Å². The fourth-order valence-electron chi connectivity index (χ4n) is 3.11. The highest BCUT2D eigenvalue weighted by Gasteiger charge is 2.26. The lowest BCUT2D eigenvalue weighted by Gasteiger charge is -2.32. The van der Waals surface area contributed by atoms with Crippen molar-refractivity contribution in [2.75, 3.05) is 18.8 Å². The zero-order chi connectivity index (χ0) is 16.4. The normalized spacial score (nSPS) is 18.0. The van der Waals surface area contributed by atoms with Crippen LogP contribution in [0.5, 0.6) is 0 Å². The molecule has 2 heterocycles. The molecule has 1 saturated heterocycles. The van der Waals surface area contributed by atoms with E-state index in [1.807, 2.05) is 49.1 Å². The van der Waals surface area contributed by atoms with E-state index in [-0.39, 0.29) is 11.8 Å². The van der Waals surface area contributed by atoms with Crippen molar-refractivity contribution in [3.8, 4) is 0 Å². The maximum Gasteiger partial charge on any atom is 0.253 e. The van der Waals surface area contributed by atoms with E-state index < -0.39 is 0 Å². The molecule has 0 spiro atoms. The predicted octanol–water partition coefficient (Wildman–Crippen LogP) is 2.70. The number of carbonyl (C=O) groups excluding carboxylic acids is 1. The lowest BCUT2D eigenvalue weighted by atomic mass is 9.94. The molecule has 1 aliphatic heterocycles. The molecule has 5 heteroatoms. The van der Waals surface area contributed by atoms with Crippen LogP contribution in [0.4, 0.5) is 5.82 Å². The maximum atomic E-state index is 12.7. The highest BCUT2D eigenvalue weighted by molar-refractivity contribution is 5.94. The third-order valence-corrected chi connectivity index (χ3v) is 4.30. The number of likely N-dealkylation sites (tertiary alicyclic amines) is 1. The molecule has 2 aromatic rings. The average molecular weight is 310 g/mol. The van der Waals surface area contributed by atoms with Crippen molar-refractivity contribution in [3.05, 3.63) is 53.0 Å². The van der Waals surface area contributed by atoms with Crippen LogP contribution in [-0.4, -0.2) is 33.9 Å². The second-order valence-electron chi connectivity index (χ2n) is 6.22. The van der Waals surface area contributed by atoms with Gasteiger partial charge in [-0.05, 0) is 38.8 Å². The summed E-state index contributed by atoms with van der Waals surface area (Å²) in [6.07, 6.45) is 2.00. The van der Waals surface area contributed by atoms with E-state index in [2.05, 4.69) is 9.97 Å². The lowest BCUT2D eigenvalue weighted by Crippen LogP contribution is -2.39. The summed E-state index contributed by atoms with van der Waals surface area (Å²) in [6.45, 7) is 5.34. The standard InChI is InChI=1S/C18H22N4O/c1-12-5-7-14(8-6-12)18(23)22-9-3-4-15(11-22)16-10-17(19)21-13(2)20-16/h5-8,10,15H,3-4,9,11H2,1-2H3,(H2,19,20,21). The number of nitrogens with two attached hydrogens (primary N) is 1. The van der Waals surface area contributed by atoms with Crippen LogP contribution in [0.25, 0.3) is 0 Å². The van der Waals surface area contributed by atoms with Crippen LogP contribution in [-0.2, 0) is 0 Å². The number of aromatic nitrogens is 2. The van der Waals surface area contributed by atoms with Crippen LogP contribution in [0.2, 0.25) is 0 Å². The Morgan fingerprint density at radius 2 is 1.96 bits per heavy atom. The molecule has 3 rings (SSSR count). The summed E-state index contributed by atoms with van der Waals surface area (Å²) in [5, 5.41) is 0. The monoisotopic (exact) mass is 310 g/mol. The molecule has 120 valence electrons. The van der Waals surface area contributed by atoms with Gasteiger partial charge in [-0.3, -0.25) is 4.79 Å². The van der Waals surface area contributed by atoms with E-state index >= 15 is 0 Å². The SMILES string of the molecule is Cc1ccc(C(=O)N2CCCC(c3cc(N)nc(C)n3)C2)cc1. The summed E-state index contributed by atoms with van der Waals surface area (Å²) < 4.78 is 0. The van der Waals surface area contributed by atoms with E-state index in [9.17, 15) is 4.79 Å². The quantitative estimate of drug-likeness (QED) is 0.925. The predicted molar refractivity (Wildman–Crippen MR) is 90.2 cm³/mol. The number of benzene rings is 1. The van der Waals surface area contributed by atoms with Crippen LogP contribution in [0.15, 0.2) is 30.3 Å². The first-order chi connectivity index (χ1) is 11.0. The van der Waals surface area contributed by atoms with E-state index in [0.717, 1.165) is 36.2 Å². The smallest absolute Gasteiger partial charge is 0.253 e. The largest absolute Gasteiger partial charge is 0.384 e. The van der Waals surface area contributed by atoms with Crippen LogP contribution in [0.1, 0.15) is 46.2 Å². The zero-order valence-corrected chi connectivity index (χ0v) is 13.6. The highest BCUT2D eigenvalue weighted by Crippen LogP contribution is 2.27. The second kappa shape index (κ2) is 6.36. The molecule has 1 amide bonds. The minimum absolute atomic E-state index is 0.0912. The van der Waals surface area contributed by atoms with Crippen molar-refractivity contribution in [2.45, 2.75) is 32.6 Å². The molecule has 1 aliphatic rings. The molecule has 0 saturated carbocycles. The summed E-state index contributed by atoms with van der Waals surface area (Å²) in [5.74, 6) is 1.49. The van der Waals surface area contributed by atoms with Gasteiger partial charge in [0.1, 0.15) is 11.6 Å². The number of rotatable bonds is 2. The fraction of sp³-hybridized carbons (Fsp3) is 0.389.